The molecule has 32 heavy (non-hydrogen) atoms. The van der Waals surface area contributed by atoms with Crippen molar-refractivity contribution < 1.29 is 27.3 Å². The van der Waals surface area contributed by atoms with E-state index in [2.05, 4.69) is 4.72 Å². The summed E-state index contributed by atoms with van der Waals surface area (Å²) in [5.41, 5.74) is -1.21. The van der Waals surface area contributed by atoms with E-state index >= 15 is 4.39 Å². The molecule has 0 saturated carbocycles. The average molecular weight is 477 g/mol. The van der Waals surface area contributed by atoms with E-state index in [1.165, 1.54) is 17.0 Å². The first-order chi connectivity index (χ1) is 14.5. The zero-order valence-electron chi connectivity index (χ0n) is 19.9. The summed E-state index contributed by atoms with van der Waals surface area (Å²) in [5.74, 6) is -4.41. The number of carbonyl (C=O) groups is 1. The first-order valence-corrected chi connectivity index (χ1v) is 12.0. The first kappa shape index (κ1) is 26.8. The zero-order chi connectivity index (χ0) is 24.5. The summed E-state index contributed by atoms with van der Waals surface area (Å²) in [7, 11) is 0. The third-order valence-electron chi connectivity index (χ3n) is 5.20. The minimum absolute atomic E-state index is 0.0551. The van der Waals surface area contributed by atoms with Gasteiger partial charge < -0.3 is 14.2 Å². The number of carbonyl (C=O) groups excluding carboxylic acids is 1. The van der Waals surface area contributed by atoms with Crippen molar-refractivity contribution in [2.45, 2.75) is 83.6 Å². The molecule has 0 spiro atoms. The first-order valence-electron chi connectivity index (χ1n) is 10.8. The van der Waals surface area contributed by atoms with Gasteiger partial charge in [0.05, 0.1) is 11.6 Å². The second kappa shape index (κ2) is 9.81. The fourth-order valence-electron chi connectivity index (χ4n) is 3.32. The van der Waals surface area contributed by atoms with Crippen molar-refractivity contribution in [2.75, 3.05) is 13.1 Å². The van der Waals surface area contributed by atoms with Crippen LogP contribution in [0.4, 0.5) is 18.0 Å². The van der Waals surface area contributed by atoms with Gasteiger partial charge in [-0.05, 0) is 60.8 Å². The average Bonchev–Trinajstić information content (AvgIpc) is 2.57. The predicted molar refractivity (Wildman–Crippen MR) is 120 cm³/mol. The number of halogens is 3. The molecule has 182 valence electrons. The topological polar surface area (TPSA) is 64.6 Å². The smallest absolute Gasteiger partial charge is 0.410 e. The third kappa shape index (κ3) is 7.02. The van der Waals surface area contributed by atoms with Crippen molar-refractivity contribution >= 4 is 17.5 Å². The Morgan fingerprint density at radius 3 is 2.38 bits per heavy atom. The predicted octanol–water partition coefficient (Wildman–Crippen LogP) is 5.68. The molecule has 0 aliphatic carbocycles. The second-order valence-electron chi connectivity index (χ2n) is 10.4. The summed E-state index contributed by atoms with van der Waals surface area (Å²) in [4.78, 5) is 13.5. The maximum atomic E-state index is 15.0. The Morgan fingerprint density at radius 1 is 1.25 bits per heavy atom. The molecule has 1 heterocycles. The molecule has 1 aliphatic heterocycles. The number of nitrogens with zero attached hydrogens (tertiary/aromatic N) is 1. The second-order valence-corrected chi connectivity index (χ2v) is 12.4. The summed E-state index contributed by atoms with van der Waals surface area (Å²) in [6.45, 7) is 12.9. The number of nitrogens with one attached hydrogen (secondary N) is 1. The van der Waals surface area contributed by atoms with E-state index in [1.54, 1.807) is 48.5 Å². The van der Waals surface area contributed by atoms with E-state index in [0.29, 0.717) is 13.1 Å². The lowest BCUT2D eigenvalue weighted by Crippen LogP contribution is -2.51. The third-order valence-corrected chi connectivity index (χ3v) is 6.88. The van der Waals surface area contributed by atoms with Crippen LogP contribution in [0.15, 0.2) is 18.2 Å². The number of rotatable bonds is 7. The van der Waals surface area contributed by atoms with E-state index < -0.39 is 57.6 Å². The highest BCUT2D eigenvalue weighted by Gasteiger charge is 2.40. The van der Waals surface area contributed by atoms with Crippen molar-refractivity contribution in [2.24, 2.45) is 5.92 Å². The van der Waals surface area contributed by atoms with Crippen molar-refractivity contribution in [1.29, 1.82) is 0 Å². The molecule has 2 rings (SSSR count). The van der Waals surface area contributed by atoms with Crippen LogP contribution in [0.5, 0.6) is 0 Å². The number of alkyl halides is 2. The number of hydrogen-bond donors (Lipinski definition) is 1. The minimum Gasteiger partial charge on any atom is -0.598 e. The Bertz CT molecular complexity index is 803. The summed E-state index contributed by atoms with van der Waals surface area (Å²) < 4.78 is 64.6. The highest BCUT2D eigenvalue weighted by atomic mass is 32.2. The number of hydrogen-bond acceptors (Lipinski definition) is 4. The Morgan fingerprint density at radius 2 is 1.84 bits per heavy atom. The molecule has 0 aromatic heterocycles. The van der Waals surface area contributed by atoms with Crippen LogP contribution in [0, 0.1) is 11.7 Å². The molecule has 1 N–H and O–H groups in total. The fraction of sp³-hybridized carbons (Fsp3) is 0.696. The summed E-state index contributed by atoms with van der Waals surface area (Å²) in [5, 5.41) is 0. The van der Waals surface area contributed by atoms with Gasteiger partial charge in [0.15, 0.2) is 0 Å². The molecule has 1 aromatic rings. The van der Waals surface area contributed by atoms with Gasteiger partial charge in [0.1, 0.15) is 16.2 Å². The minimum atomic E-state index is -3.35. The summed E-state index contributed by atoms with van der Waals surface area (Å²) in [6, 6.07) is 3.23. The van der Waals surface area contributed by atoms with E-state index in [4.69, 9.17) is 4.74 Å². The maximum absolute atomic E-state index is 15.0. The molecule has 0 radical (unpaired) electrons. The molecule has 1 fully saturated rings. The van der Waals surface area contributed by atoms with Crippen molar-refractivity contribution in [1.82, 2.24) is 9.62 Å². The van der Waals surface area contributed by atoms with Crippen LogP contribution in [0.1, 0.15) is 78.5 Å². The monoisotopic (exact) mass is 476 g/mol. The Labute approximate surface area is 192 Å². The Hall–Kier alpha value is -1.45. The maximum Gasteiger partial charge on any atom is 0.410 e. The van der Waals surface area contributed by atoms with Gasteiger partial charge in [-0.2, -0.15) is 0 Å². The van der Waals surface area contributed by atoms with Gasteiger partial charge in [0.2, 0.25) is 0 Å². The molecule has 2 atom stereocenters. The molecule has 0 bridgehead atoms. The van der Waals surface area contributed by atoms with Crippen LogP contribution in [-0.4, -0.2) is 39.0 Å². The fourth-order valence-corrected chi connectivity index (χ4v) is 4.12. The van der Waals surface area contributed by atoms with Gasteiger partial charge in [-0.1, -0.05) is 18.2 Å². The largest absolute Gasteiger partial charge is 0.598 e. The van der Waals surface area contributed by atoms with Crippen LogP contribution in [0.25, 0.3) is 0 Å². The van der Waals surface area contributed by atoms with Crippen molar-refractivity contribution in [3.8, 4) is 0 Å². The van der Waals surface area contributed by atoms with Crippen molar-refractivity contribution in [3.05, 3.63) is 35.1 Å². The van der Waals surface area contributed by atoms with Gasteiger partial charge in [-0.25, -0.2) is 18.0 Å². The summed E-state index contributed by atoms with van der Waals surface area (Å²) >= 11 is -1.47. The SMILES string of the molecule is C[C@@H](N[S+]([O-])C(C)(C)C)c1cccc(C(F)(F)CCC2CN(C(=O)OC(C)(C)C)C2)c1F. The lowest BCUT2D eigenvalue weighted by Gasteiger charge is -2.40. The zero-order valence-corrected chi connectivity index (χ0v) is 20.7. The molecule has 5 nitrogen and oxygen atoms in total. The van der Waals surface area contributed by atoms with E-state index in [0.717, 1.165) is 6.07 Å². The molecule has 1 saturated heterocycles. The number of amides is 1. The Kier molecular flexibility index (Phi) is 8.22. The molecule has 1 aliphatic rings. The van der Waals surface area contributed by atoms with Gasteiger partial charge in [-0.15, -0.1) is 4.72 Å². The highest BCUT2D eigenvalue weighted by Crippen LogP contribution is 2.39. The summed E-state index contributed by atoms with van der Waals surface area (Å²) in [6.07, 6.45) is -0.804. The lowest BCUT2D eigenvalue weighted by atomic mass is 9.90. The standard InChI is InChI=1S/C23H35F3N2O3S/c1-15(27-32(30)22(5,6)7)17-9-8-10-18(19(17)24)23(25,26)12-11-16-13-28(14-16)20(29)31-21(2,3)4/h8-10,15-16,27H,11-14H2,1-7H3/t15-,32?/m1/s1. The molecule has 1 aromatic carbocycles. The van der Waals surface area contributed by atoms with E-state index in [-0.39, 0.29) is 17.9 Å². The Balaban J connectivity index is 1.98. The van der Waals surface area contributed by atoms with Gasteiger partial charge >= 0.3 is 6.09 Å². The van der Waals surface area contributed by atoms with Gasteiger partial charge in [-0.3, -0.25) is 0 Å². The normalized spacial score (nSPS) is 17.7. The molecule has 1 unspecified atom stereocenters. The van der Waals surface area contributed by atoms with E-state index in [9.17, 15) is 18.1 Å². The molecule has 1 amide bonds. The van der Waals surface area contributed by atoms with Crippen LogP contribution < -0.4 is 4.72 Å². The van der Waals surface area contributed by atoms with Gasteiger partial charge in [0.25, 0.3) is 5.92 Å². The molecular weight excluding hydrogens is 441 g/mol. The van der Waals surface area contributed by atoms with Crippen LogP contribution >= 0.6 is 0 Å². The number of likely N-dealkylation sites (tertiary alicyclic amines) is 1. The quantitative estimate of drug-likeness (QED) is 0.515. The van der Waals surface area contributed by atoms with E-state index in [1.807, 2.05) is 0 Å². The van der Waals surface area contributed by atoms with Crippen molar-refractivity contribution in [3.63, 3.8) is 0 Å². The highest BCUT2D eigenvalue weighted by molar-refractivity contribution is 7.90. The number of ether oxygens (including phenoxy) is 1. The van der Waals surface area contributed by atoms with Crippen LogP contribution in [-0.2, 0) is 22.0 Å². The van der Waals surface area contributed by atoms with Gasteiger partial charge in [0, 0.05) is 36.4 Å². The molecular formula is C23H35F3N2O3S. The molecule has 9 heteroatoms. The lowest BCUT2D eigenvalue weighted by molar-refractivity contribution is -0.0360. The van der Waals surface area contributed by atoms with Crippen LogP contribution in [0.2, 0.25) is 0 Å². The number of benzene rings is 1. The van der Waals surface area contributed by atoms with Crippen LogP contribution in [0.3, 0.4) is 0 Å².